The average molecular weight is 336 g/mol. The lowest BCUT2D eigenvalue weighted by molar-refractivity contribution is -0.143. The van der Waals surface area contributed by atoms with Gasteiger partial charge in [0, 0.05) is 6.04 Å². The highest BCUT2D eigenvalue weighted by atomic mass is 35.5. The molecule has 23 heavy (non-hydrogen) atoms. The number of ether oxygens (including phenoxy) is 2. The Kier molecular flexibility index (Phi) is 5.85. The molecule has 3 rings (SSSR count). The van der Waals surface area contributed by atoms with E-state index >= 15 is 0 Å². The lowest BCUT2D eigenvalue weighted by atomic mass is 9.89. The second-order valence-corrected chi connectivity index (χ2v) is 5.68. The molecule has 2 atom stereocenters. The Bertz CT molecular complexity index is 683. The smallest absolute Gasteiger partial charge is 0.314 e. The van der Waals surface area contributed by atoms with Crippen molar-refractivity contribution in [3.05, 3.63) is 42.0 Å². The molecule has 1 aliphatic heterocycles. The van der Waals surface area contributed by atoms with E-state index in [0.29, 0.717) is 0 Å². The highest BCUT2D eigenvalue weighted by Gasteiger charge is 2.32. The van der Waals surface area contributed by atoms with Crippen molar-refractivity contribution in [2.75, 3.05) is 20.8 Å². The maximum Gasteiger partial charge on any atom is 0.314 e. The molecule has 4 nitrogen and oxygen atoms in total. The van der Waals surface area contributed by atoms with Crippen molar-refractivity contribution in [2.45, 2.75) is 24.8 Å². The maximum atomic E-state index is 12.3. The predicted octanol–water partition coefficient (Wildman–Crippen LogP) is 3.28. The van der Waals surface area contributed by atoms with Crippen LogP contribution >= 0.6 is 12.4 Å². The first-order valence-electron chi connectivity index (χ1n) is 7.62. The molecular formula is C18H22ClNO3. The highest BCUT2D eigenvalue weighted by Crippen LogP contribution is 2.30. The predicted molar refractivity (Wildman–Crippen MR) is 93.5 cm³/mol. The molecule has 124 valence electrons. The van der Waals surface area contributed by atoms with Crippen LogP contribution in [-0.2, 0) is 9.53 Å². The Morgan fingerprint density at radius 3 is 2.57 bits per heavy atom. The molecular weight excluding hydrogens is 314 g/mol. The Hall–Kier alpha value is -1.78. The minimum Gasteiger partial charge on any atom is -0.497 e. The molecule has 0 amide bonds. The van der Waals surface area contributed by atoms with E-state index in [1.54, 1.807) is 7.11 Å². The Morgan fingerprint density at radius 1 is 1.17 bits per heavy atom. The Labute approximate surface area is 142 Å². The summed E-state index contributed by atoms with van der Waals surface area (Å²) in [5.41, 5.74) is 1.00. The van der Waals surface area contributed by atoms with Crippen LogP contribution in [0.15, 0.2) is 36.4 Å². The van der Waals surface area contributed by atoms with Gasteiger partial charge in [-0.15, -0.1) is 12.4 Å². The van der Waals surface area contributed by atoms with Crippen LogP contribution in [0.5, 0.6) is 5.75 Å². The topological polar surface area (TPSA) is 47.6 Å². The third-order valence-electron chi connectivity index (χ3n) is 4.39. The summed E-state index contributed by atoms with van der Waals surface area (Å²) in [5, 5.41) is 5.62. The molecule has 0 spiro atoms. The number of carbonyl (C=O) groups excluding carboxylic acids is 1. The van der Waals surface area contributed by atoms with Gasteiger partial charge in [-0.05, 0) is 47.9 Å². The van der Waals surface area contributed by atoms with E-state index in [0.717, 1.165) is 41.5 Å². The quantitative estimate of drug-likeness (QED) is 0.871. The molecule has 2 aromatic carbocycles. The van der Waals surface area contributed by atoms with Crippen molar-refractivity contribution in [2.24, 2.45) is 0 Å². The fraction of sp³-hybridized carbons (Fsp3) is 0.389. The molecule has 1 N–H and O–H groups in total. The molecule has 0 saturated carbocycles. The van der Waals surface area contributed by atoms with Crippen LogP contribution in [0, 0.1) is 0 Å². The van der Waals surface area contributed by atoms with Gasteiger partial charge in [0.2, 0.25) is 0 Å². The number of nitrogens with one attached hydrogen (secondary N) is 1. The number of esters is 1. The summed E-state index contributed by atoms with van der Waals surface area (Å²) in [6, 6.07) is 12.3. The molecule has 0 bridgehead atoms. The number of carbonyl (C=O) groups is 1. The largest absolute Gasteiger partial charge is 0.497 e. The lowest BCUT2D eigenvalue weighted by Crippen LogP contribution is -2.34. The molecule has 0 radical (unpaired) electrons. The van der Waals surface area contributed by atoms with Crippen LogP contribution in [0.2, 0.25) is 0 Å². The molecule has 1 aliphatic rings. The number of halogens is 1. The van der Waals surface area contributed by atoms with E-state index in [-0.39, 0.29) is 30.3 Å². The highest BCUT2D eigenvalue weighted by molar-refractivity contribution is 5.87. The average Bonchev–Trinajstić information content (AvgIpc) is 3.08. The summed E-state index contributed by atoms with van der Waals surface area (Å²) >= 11 is 0. The summed E-state index contributed by atoms with van der Waals surface area (Å²) in [5.74, 6) is 0.411. The standard InChI is InChI=1S/C18H21NO3.ClH/c1-21-15-8-7-12-10-14(6-5-13(12)11-15)17(18(20)22-2)16-4-3-9-19-16;/h5-8,10-11,16-17,19H,3-4,9H2,1-2H3;1H/t16-,17+;/m0./s1. The normalized spacial score (nSPS) is 18.3. The van der Waals surface area contributed by atoms with E-state index in [9.17, 15) is 4.79 Å². The van der Waals surface area contributed by atoms with Gasteiger partial charge in [0.15, 0.2) is 0 Å². The van der Waals surface area contributed by atoms with Gasteiger partial charge in [0.05, 0.1) is 20.1 Å². The van der Waals surface area contributed by atoms with Crippen LogP contribution < -0.4 is 10.1 Å². The number of hydrogen-bond donors (Lipinski definition) is 1. The molecule has 1 fully saturated rings. The van der Waals surface area contributed by atoms with Crippen LogP contribution in [0.3, 0.4) is 0 Å². The van der Waals surface area contributed by atoms with Crippen molar-refractivity contribution in [1.29, 1.82) is 0 Å². The SMILES string of the molecule is COC(=O)[C@H](c1ccc2cc(OC)ccc2c1)[C@@H]1CCCN1.Cl. The molecule has 0 aliphatic carbocycles. The zero-order valence-electron chi connectivity index (χ0n) is 13.4. The summed E-state index contributed by atoms with van der Waals surface area (Å²) in [4.78, 5) is 12.3. The minimum atomic E-state index is -0.251. The van der Waals surface area contributed by atoms with Crippen LogP contribution in [0.1, 0.15) is 24.3 Å². The van der Waals surface area contributed by atoms with E-state index in [2.05, 4.69) is 11.4 Å². The van der Waals surface area contributed by atoms with Gasteiger partial charge in [0.25, 0.3) is 0 Å². The van der Waals surface area contributed by atoms with Crippen LogP contribution in [0.25, 0.3) is 10.8 Å². The number of hydrogen-bond acceptors (Lipinski definition) is 4. The zero-order valence-corrected chi connectivity index (χ0v) is 14.2. The minimum absolute atomic E-state index is 0. The summed E-state index contributed by atoms with van der Waals surface area (Å²) < 4.78 is 10.3. The Balaban J connectivity index is 0.00000192. The monoisotopic (exact) mass is 335 g/mol. The van der Waals surface area contributed by atoms with Crippen LogP contribution in [-0.4, -0.2) is 32.8 Å². The molecule has 5 heteroatoms. The molecule has 0 unspecified atom stereocenters. The molecule has 2 aromatic rings. The van der Waals surface area contributed by atoms with E-state index in [1.165, 1.54) is 7.11 Å². The number of benzene rings is 2. The number of rotatable bonds is 4. The summed E-state index contributed by atoms with van der Waals surface area (Å²) in [6.07, 6.45) is 2.10. The first-order chi connectivity index (χ1) is 10.7. The third-order valence-corrected chi connectivity index (χ3v) is 4.39. The first-order valence-corrected chi connectivity index (χ1v) is 7.62. The summed E-state index contributed by atoms with van der Waals surface area (Å²) in [6.45, 7) is 0.961. The molecule has 1 saturated heterocycles. The second kappa shape index (κ2) is 7.66. The van der Waals surface area contributed by atoms with E-state index in [4.69, 9.17) is 9.47 Å². The maximum absolute atomic E-state index is 12.3. The van der Waals surface area contributed by atoms with Gasteiger partial charge < -0.3 is 14.8 Å². The van der Waals surface area contributed by atoms with Gasteiger partial charge in [0.1, 0.15) is 5.75 Å². The second-order valence-electron chi connectivity index (χ2n) is 5.68. The molecule has 1 heterocycles. The van der Waals surface area contributed by atoms with Crippen LogP contribution in [0.4, 0.5) is 0 Å². The van der Waals surface area contributed by atoms with Gasteiger partial charge >= 0.3 is 5.97 Å². The van der Waals surface area contributed by atoms with Gasteiger partial charge in [-0.2, -0.15) is 0 Å². The lowest BCUT2D eigenvalue weighted by Gasteiger charge is -2.22. The van der Waals surface area contributed by atoms with Gasteiger partial charge in [-0.3, -0.25) is 4.79 Å². The van der Waals surface area contributed by atoms with Crippen molar-refractivity contribution >= 4 is 29.1 Å². The molecule has 0 aromatic heterocycles. The van der Waals surface area contributed by atoms with Crippen molar-refractivity contribution in [3.8, 4) is 5.75 Å². The first kappa shape index (κ1) is 17.6. The van der Waals surface area contributed by atoms with Crippen molar-refractivity contribution < 1.29 is 14.3 Å². The van der Waals surface area contributed by atoms with Gasteiger partial charge in [-0.1, -0.05) is 24.3 Å². The van der Waals surface area contributed by atoms with Crippen molar-refractivity contribution in [3.63, 3.8) is 0 Å². The fourth-order valence-electron chi connectivity index (χ4n) is 3.22. The van der Waals surface area contributed by atoms with Crippen molar-refractivity contribution in [1.82, 2.24) is 5.32 Å². The number of methoxy groups -OCH3 is 2. The number of fused-ring (bicyclic) bond motifs is 1. The fourth-order valence-corrected chi connectivity index (χ4v) is 3.22. The zero-order chi connectivity index (χ0) is 15.5. The summed E-state index contributed by atoms with van der Waals surface area (Å²) in [7, 11) is 3.12. The van der Waals surface area contributed by atoms with E-state index in [1.807, 2.05) is 30.3 Å². The van der Waals surface area contributed by atoms with E-state index < -0.39 is 0 Å². The third kappa shape index (κ3) is 3.59. The van der Waals surface area contributed by atoms with Gasteiger partial charge in [-0.25, -0.2) is 0 Å². The Morgan fingerprint density at radius 2 is 1.91 bits per heavy atom.